The molecule has 3 amide bonds. The minimum absolute atomic E-state index is 0.185. The lowest BCUT2D eigenvalue weighted by molar-refractivity contribution is -0.143. The number of nitrogens with one attached hydrogen (secondary N) is 3. The number of hydrogen-bond acceptors (Lipinski definition) is 9. The molecule has 0 rings (SSSR count). The number of unbranched alkanes of at least 4 members (excludes halogenated alkanes) is 1. The number of aliphatic hydroxyl groups is 1. The average molecular weight is 466 g/mol. The fourth-order valence-corrected chi connectivity index (χ4v) is 2.64. The molecule has 0 heterocycles. The SMILES string of the molecule is NCCCCC(NC(=O)C(N)CO)C(=O)NC(CS)C(=O)NC(CCC(=O)O)C(=O)O. The largest absolute Gasteiger partial charge is 0.481 e. The highest BCUT2D eigenvalue weighted by atomic mass is 32.1. The van der Waals surface area contributed by atoms with E-state index in [2.05, 4.69) is 28.6 Å². The Hall–Kier alpha value is -2.42. The van der Waals surface area contributed by atoms with E-state index >= 15 is 0 Å². The molecule has 0 aromatic rings. The number of aliphatic carboxylic acids is 2. The van der Waals surface area contributed by atoms with Crippen molar-refractivity contribution >= 4 is 42.3 Å². The molecule has 10 N–H and O–H groups in total. The zero-order chi connectivity index (χ0) is 24.0. The number of thiol groups is 1. The lowest BCUT2D eigenvalue weighted by Gasteiger charge is -2.24. The minimum atomic E-state index is -1.47. The van der Waals surface area contributed by atoms with Gasteiger partial charge >= 0.3 is 11.9 Å². The highest BCUT2D eigenvalue weighted by Gasteiger charge is 2.29. The van der Waals surface area contributed by atoms with Gasteiger partial charge in [0.15, 0.2) is 0 Å². The van der Waals surface area contributed by atoms with Crippen molar-refractivity contribution in [1.29, 1.82) is 0 Å². The second-order valence-corrected chi connectivity index (χ2v) is 7.08. The Balaban J connectivity index is 5.17. The lowest BCUT2D eigenvalue weighted by Crippen LogP contribution is -2.58. The summed E-state index contributed by atoms with van der Waals surface area (Å²) in [4.78, 5) is 58.9. The van der Waals surface area contributed by atoms with Crippen molar-refractivity contribution in [2.75, 3.05) is 18.9 Å². The zero-order valence-corrected chi connectivity index (χ0v) is 17.8. The average Bonchev–Trinajstić information content (AvgIpc) is 2.72. The van der Waals surface area contributed by atoms with Gasteiger partial charge in [-0.25, -0.2) is 4.79 Å². The first kappa shape index (κ1) is 28.6. The summed E-state index contributed by atoms with van der Waals surface area (Å²) in [5, 5.41) is 33.8. The quantitative estimate of drug-likeness (QED) is 0.0816. The van der Waals surface area contributed by atoms with Crippen LogP contribution in [0.3, 0.4) is 0 Å². The topological polar surface area (TPSA) is 234 Å². The van der Waals surface area contributed by atoms with Gasteiger partial charge in [0.25, 0.3) is 0 Å². The van der Waals surface area contributed by atoms with Gasteiger partial charge in [-0.15, -0.1) is 0 Å². The molecule has 4 atom stereocenters. The third-order valence-corrected chi connectivity index (χ3v) is 4.56. The molecule has 0 spiro atoms. The van der Waals surface area contributed by atoms with Gasteiger partial charge in [0.05, 0.1) is 6.61 Å². The van der Waals surface area contributed by atoms with Gasteiger partial charge in [-0.2, -0.15) is 12.6 Å². The summed E-state index contributed by atoms with van der Waals surface area (Å²) in [5.41, 5.74) is 10.9. The predicted molar refractivity (Wildman–Crippen MR) is 112 cm³/mol. The molecule has 4 unspecified atom stereocenters. The van der Waals surface area contributed by atoms with Gasteiger partial charge in [0.1, 0.15) is 24.2 Å². The monoisotopic (exact) mass is 465 g/mol. The van der Waals surface area contributed by atoms with Crippen LogP contribution in [0, 0.1) is 0 Å². The molecule has 31 heavy (non-hydrogen) atoms. The summed E-state index contributed by atoms with van der Waals surface area (Å²) < 4.78 is 0. The van der Waals surface area contributed by atoms with Crippen molar-refractivity contribution in [1.82, 2.24) is 16.0 Å². The highest BCUT2D eigenvalue weighted by Crippen LogP contribution is 2.04. The molecule has 0 radical (unpaired) electrons. The number of carboxylic acids is 2. The van der Waals surface area contributed by atoms with Crippen molar-refractivity contribution < 1.29 is 39.3 Å². The van der Waals surface area contributed by atoms with Crippen LogP contribution in [0.2, 0.25) is 0 Å². The molecular weight excluding hydrogens is 434 g/mol. The first-order chi connectivity index (χ1) is 14.6. The number of hydrogen-bond donors (Lipinski definition) is 9. The molecule has 0 aromatic heterocycles. The normalized spacial score (nSPS) is 14.6. The van der Waals surface area contributed by atoms with Crippen molar-refractivity contribution in [3.8, 4) is 0 Å². The number of carbonyl (C=O) groups is 5. The second kappa shape index (κ2) is 15.4. The Morgan fingerprint density at radius 3 is 1.87 bits per heavy atom. The van der Waals surface area contributed by atoms with E-state index in [9.17, 15) is 24.0 Å². The van der Waals surface area contributed by atoms with E-state index in [1.807, 2.05) is 0 Å². The van der Waals surface area contributed by atoms with E-state index in [4.69, 9.17) is 26.8 Å². The Morgan fingerprint density at radius 1 is 0.839 bits per heavy atom. The predicted octanol–water partition coefficient (Wildman–Crippen LogP) is -3.23. The first-order valence-corrected chi connectivity index (χ1v) is 10.2. The molecule has 0 bridgehead atoms. The van der Waals surface area contributed by atoms with E-state index in [-0.39, 0.29) is 18.6 Å². The van der Waals surface area contributed by atoms with Gasteiger partial charge < -0.3 is 42.7 Å². The number of nitrogens with two attached hydrogens (primary N) is 2. The number of rotatable bonds is 16. The van der Waals surface area contributed by atoms with Gasteiger partial charge in [-0.1, -0.05) is 0 Å². The van der Waals surface area contributed by atoms with Crippen LogP contribution in [-0.2, 0) is 24.0 Å². The van der Waals surface area contributed by atoms with Crippen molar-refractivity contribution in [2.45, 2.75) is 56.3 Å². The maximum atomic E-state index is 12.6. The summed E-state index contributed by atoms with van der Waals surface area (Å²) in [6.07, 6.45) is 0.420. The number of aliphatic hydroxyl groups excluding tert-OH is 1. The minimum Gasteiger partial charge on any atom is -0.481 e. The van der Waals surface area contributed by atoms with Crippen LogP contribution < -0.4 is 27.4 Å². The van der Waals surface area contributed by atoms with Crippen molar-refractivity contribution in [2.24, 2.45) is 11.5 Å². The Morgan fingerprint density at radius 2 is 1.39 bits per heavy atom. The van der Waals surface area contributed by atoms with Crippen LogP contribution in [0.4, 0.5) is 0 Å². The molecular formula is C17H31N5O8S. The van der Waals surface area contributed by atoms with Crippen molar-refractivity contribution in [3.63, 3.8) is 0 Å². The summed E-state index contributed by atoms with van der Waals surface area (Å²) in [5.74, 6) is -5.22. The summed E-state index contributed by atoms with van der Waals surface area (Å²) >= 11 is 3.99. The van der Waals surface area contributed by atoms with Crippen LogP contribution in [0.15, 0.2) is 0 Å². The standard InChI is InChI=1S/C17H31N5O8S/c18-6-2-1-3-10(20-14(26)9(19)7-23)15(27)22-12(8-31)16(28)21-11(17(29)30)4-5-13(24)25/h9-12,23,31H,1-8,18-19H2,(H,20,26)(H,21,28)(H,22,27)(H,24,25)(H,29,30). The Labute approximate surface area is 184 Å². The third-order valence-electron chi connectivity index (χ3n) is 4.19. The fraction of sp³-hybridized carbons (Fsp3) is 0.706. The van der Waals surface area contributed by atoms with Crippen LogP contribution in [0.1, 0.15) is 32.1 Å². The molecule has 0 aliphatic carbocycles. The van der Waals surface area contributed by atoms with E-state index in [0.717, 1.165) is 0 Å². The van der Waals surface area contributed by atoms with Gasteiger partial charge in [-0.05, 0) is 32.2 Å². The van der Waals surface area contributed by atoms with Gasteiger partial charge in [-0.3, -0.25) is 19.2 Å². The van der Waals surface area contributed by atoms with Gasteiger partial charge in [0.2, 0.25) is 17.7 Å². The number of amides is 3. The lowest BCUT2D eigenvalue weighted by atomic mass is 10.1. The zero-order valence-electron chi connectivity index (χ0n) is 17.0. The van der Waals surface area contributed by atoms with Crippen LogP contribution in [0.5, 0.6) is 0 Å². The van der Waals surface area contributed by atoms with Crippen LogP contribution >= 0.6 is 12.6 Å². The third kappa shape index (κ3) is 11.5. The molecule has 0 aromatic carbocycles. The van der Waals surface area contributed by atoms with Crippen LogP contribution in [-0.4, -0.2) is 88.1 Å². The molecule has 0 saturated heterocycles. The first-order valence-electron chi connectivity index (χ1n) is 9.60. The summed E-state index contributed by atoms with van der Waals surface area (Å²) in [6.45, 7) is -0.259. The van der Waals surface area contributed by atoms with E-state index in [0.29, 0.717) is 19.4 Å². The molecule has 14 heteroatoms. The maximum Gasteiger partial charge on any atom is 0.326 e. The molecule has 0 saturated carbocycles. The second-order valence-electron chi connectivity index (χ2n) is 6.71. The fourth-order valence-electron chi connectivity index (χ4n) is 2.39. The highest BCUT2D eigenvalue weighted by molar-refractivity contribution is 7.80. The van der Waals surface area contributed by atoms with Gasteiger partial charge in [0, 0.05) is 12.2 Å². The van der Waals surface area contributed by atoms with Crippen LogP contribution in [0.25, 0.3) is 0 Å². The summed E-state index contributed by atoms with van der Waals surface area (Å²) in [6, 6.07) is -5.03. The Bertz CT molecular complexity index is 636. The molecule has 13 nitrogen and oxygen atoms in total. The van der Waals surface area contributed by atoms with Crippen molar-refractivity contribution in [3.05, 3.63) is 0 Å². The Kier molecular flexibility index (Phi) is 14.2. The molecule has 0 aliphatic heterocycles. The molecule has 178 valence electrons. The van der Waals surface area contributed by atoms with E-state index < -0.39 is 66.9 Å². The maximum absolute atomic E-state index is 12.6. The van der Waals surface area contributed by atoms with E-state index in [1.54, 1.807) is 0 Å². The molecule has 0 aliphatic rings. The van der Waals surface area contributed by atoms with E-state index in [1.165, 1.54) is 0 Å². The molecule has 0 fully saturated rings. The number of carbonyl (C=O) groups excluding carboxylic acids is 3. The number of carboxylic acid groups (broad SMARTS) is 2. The smallest absolute Gasteiger partial charge is 0.326 e. The summed E-state index contributed by atoms with van der Waals surface area (Å²) in [7, 11) is 0.